The predicted molar refractivity (Wildman–Crippen MR) is 91.3 cm³/mol. The van der Waals surface area contributed by atoms with Crippen LogP contribution in [0.2, 0.25) is 0 Å². The lowest BCUT2D eigenvalue weighted by atomic mass is 10.2. The minimum absolute atomic E-state index is 0.111. The number of H-pyrrole nitrogens is 1. The molecule has 2 heterocycles. The number of aromatic amines is 1. The van der Waals surface area contributed by atoms with Crippen LogP contribution in [0.25, 0.3) is 10.9 Å². The molecule has 6 heteroatoms. The minimum atomic E-state index is -0.331. The summed E-state index contributed by atoms with van der Waals surface area (Å²) < 4.78 is 13.7. The molecule has 0 spiro atoms. The summed E-state index contributed by atoms with van der Waals surface area (Å²) in [6, 6.07) is 10.5. The average molecular weight is 331 g/mol. The van der Waals surface area contributed by atoms with Gasteiger partial charge in [-0.15, -0.1) is 11.3 Å². The number of aromatic nitrogens is 1. The van der Waals surface area contributed by atoms with E-state index in [0.717, 1.165) is 0 Å². The quantitative estimate of drug-likeness (QED) is 0.753. The van der Waals surface area contributed by atoms with Crippen molar-refractivity contribution in [2.24, 2.45) is 0 Å². The second-order valence-corrected chi connectivity index (χ2v) is 6.57. The molecule has 3 rings (SSSR count). The van der Waals surface area contributed by atoms with Crippen LogP contribution in [0.5, 0.6) is 0 Å². The van der Waals surface area contributed by atoms with Gasteiger partial charge >= 0.3 is 0 Å². The van der Waals surface area contributed by atoms with Crippen LogP contribution in [0.1, 0.15) is 21.4 Å². The predicted octanol–water partition coefficient (Wildman–Crippen LogP) is 3.40. The molecule has 1 atom stereocenters. The number of nitrogens with zero attached hydrogens (tertiary/aromatic N) is 1. The standard InChI is InChI=1S/C17H18FN3OS/c1-21(2)15(16-7-4-8-23-16)10-19-17(22)14-9-11-12(18)5-3-6-13(11)20-14/h3-9,15,20H,10H2,1-2H3,(H,19,22)/t15-/m0/s1. The SMILES string of the molecule is CN(C)[C@@H](CNC(=O)c1cc2c(F)cccc2[nH]1)c1cccs1. The van der Waals surface area contributed by atoms with Crippen molar-refractivity contribution in [1.82, 2.24) is 15.2 Å². The molecular weight excluding hydrogens is 313 g/mol. The number of hydrogen-bond acceptors (Lipinski definition) is 3. The third-order valence-electron chi connectivity index (χ3n) is 3.81. The summed E-state index contributed by atoms with van der Waals surface area (Å²) in [5.41, 5.74) is 0.992. The lowest BCUT2D eigenvalue weighted by Gasteiger charge is -2.23. The third-order valence-corrected chi connectivity index (χ3v) is 4.78. The molecule has 2 aromatic heterocycles. The van der Waals surface area contributed by atoms with E-state index in [1.54, 1.807) is 29.5 Å². The van der Waals surface area contributed by atoms with Crippen molar-refractivity contribution in [1.29, 1.82) is 0 Å². The average Bonchev–Trinajstić information content (AvgIpc) is 3.16. The van der Waals surface area contributed by atoms with Crippen molar-refractivity contribution >= 4 is 28.1 Å². The maximum absolute atomic E-state index is 13.7. The number of nitrogens with one attached hydrogen (secondary N) is 2. The van der Waals surface area contributed by atoms with Crippen LogP contribution in [0.15, 0.2) is 41.8 Å². The van der Waals surface area contributed by atoms with E-state index in [2.05, 4.69) is 21.3 Å². The number of rotatable bonds is 5. The number of thiophene rings is 1. The monoisotopic (exact) mass is 331 g/mol. The Labute approximate surface area is 137 Å². The van der Waals surface area contributed by atoms with Crippen molar-refractivity contribution in [3.05, 3.63) is 58.2 Å². The zero-order valence-electron chi connectivity index (χ0n) is 13.0. The first-order valence-electron chi connectivity index (χ1n) is 7.31. The number of amides is 1. The summed E-state index contributed by atoms with van der Waals surface area (Å²) in [7, 11) is 3.96. The molecule has 120 valence electrons. The molecule has 0 radical (unpaired) electrons. The first-order valence-corrected chi connectivity index (χ1v) is 8.19. The second-order valence-electron chi connectivity index (χ2n) is 5.59. The Hall–Kier alpha value is -2.18. The maximum Gasteiger partial charge on any atom is 0.267 e. The summed E-state index contributed by atoms with van der Waals surface area (Å²) in [5, 5.41) is 5.37. The minimum Gasteiger partial charge on any atom is -0.350 e. The summed E-state index contributed by atoms with van der Waals surface area (Å²) >= 11 is 1.66. The lowest BCUT2D eigenvalue weighted by Crippen LogP contribution is -2.34. The topological polar surface area (TPSA) is 48.1 Å². The Kier molecular flexibility index (Phi) is 4.45. The van der Waals surface area contributed by atoms with E-state index in [0.29, 0.717) is 23.1 Å². The van der Waals surface area contributed by atoms with Gasteiger partial charge in [0.15, 0.2) is 0 Å². The highest BCUT2D eigenvalue weighted by Crippen LogP contribution is 2.23. The molecule has 0 unspecified atom stereocenters. The van der Waals surface area contributed by atoms with Gasteiger partial charge in [-0.1, -0.05) is 12.1 Å². The molecule has 3 aromatic rings. The second kappa shape index (κ2) is 6.52. The Balaban J connectivity index is 1.74. The fraction of sp³-hybridized carbons (Fsp3) is 0.235. The van der Waals surface area contributed by atoms with E-state index in [-0.39, 0.29) is 17.8 Å². The number of carbonyl (C=O) groups excluding carboxylic acids is 1. The highest BCUT2D eigenvalue weighted by Gasteiger charge is 2.18. The van der Waals surface area contributed by atoms with Gasteiger partial charge in [0.1, 0.15) is 11.5 Å². The largest absolute Gasteiger partial charge is 0.350 e. The fourth-order valence-corrected chi connectivity index (χ4v) is 3.47. The molecule has 23 heavy (non-hydrogen) atoms. The van der Waals surface area contributed by atoms with Gasteiger partial charge in [0.25, 0.3) is 5.91 Å². The molecule has 1 amide bonds. The number of carbonyl (C=O) groups is 1. The van der Waals surface area contributed by atoms with E-state index >= 15 is 0 Å². The number of benzene rings is 1. The Morgan fingerprint density at radius 2 is 2.17 bits per heavy atom. The van der Waals surface area contributed by atoms with Gasteiger partial charge in [-0.25, -0.2) is 4.39 Å². The lowest BCUT2D eigenvalue weighted by molar-refractivity contribution is 0.0938. The van der Waals surface area contributed by atoms with Gasteiger partial charge in [-0.2, -0.15) is 0 Å². The fourth-order valence-electron chi connectivity index (χ4n) is 2.54. The number of likely N-dealkylation sites (N-methyl/N-ethyl adjacent to an activating group) is 1. The molecule has 0 bridgehead atoms. The van der Waals surface area contributed by atoms with Gasteiger partial charge in [0.05, 0.1) is 6.04 Å². The Bertz CT molecular complexity index is 810. The first-order chi connectivity index (χ1) is 11.1. The molecule has 0 aliphatic carbocycles. The molecular formula is C17H18FN3OS. The van der Waals surface area contributed by atoms with Crippen LogP contribution in [-0.2, 0) is 0 Å². The van der Waals surface area contributed by atoms with Crippen LogP contribution in [0.3, 0.4) is 0 Å². The van der Waals surface area contributed by atoms with E-state index < -0.39 is 0 Å². The van der Waals surface area contributed by atoms with Crippen molar-refractivity contribution in [2.45, 2.75) is 6.04 Å². The zero-order valence-corrected chi connectivity index (χ0v) is 13.8. The normalized spacial score (nSPS) is 12.7. The summed E-state index contributed by atoms with van der Waals surface area (Å²) in [6.45, 7) is 0.490. The van der Waals surface area contributed by atoms with E-state index in [1.165, 1.54) is 10.9 Å². The molecule has 0 aliphatic heterocycles. The first kappa shape index (κ1) is 15.7. The molecule has 1 aromatic carbocycles. The van der Waals surface area contributed by atoms with Crippen molar-refractivity contribution in [2.75, 3.05) is 20.6 Å². The van der Waals surface area contributed by atoms with Crippen LogP contribution in [0, 0.1) is 5.82 Å². The number of fused-ring (bicyclic) bond motifs is 1. The van der Waals surface area contributed by atoms with Gasteiger partial charge in [0, 0.05) is 22.3 Å². The van der Waals surface area contributed by atoms with E-state index in [1.807, 2.05) is 25.5 Å². The van der Waals surface area contributed by atoms with E-state index in [4.69, 9.17) is 0 Å². The van der Waals surface area contributed by atoms with Crippen LogP contribution in [-0.4, -0.2) is 36.4 Å². The maximum atomic E-state index is 13.7. The van der Waals surface area contributed by atoms with E-state index in [9.17, 15) is 9.18 Å². The Morgan fingerprint density at radius 3 is 2.83 bits per heavy atom. The highest BCUT2D eigenvalue weighted by atomic mass is 32.1. The summed E-state index contributed by atoms with van der Waals surface area (Å²) in [5.74, 6) is -0.563. The third kappa shape index (κ3) is 3.28. The number of hydrogen-bond donors (Lipinski definition) is 2. The van der Waals surface area contributed by atoms with Gasteiger partial charge in [0.2, 0.25) is 0 Å². The molecule has 0 fully saturated rings. The van der Waals surface area contributed by atoms with Crippen molar-refractivity contribution in [3.8, 4) is 0 Å². The highest BCUT2D eigenvalue weighted by molar-refractivity contribution is 7.10. The van der Waals surface area contributed by atoms with Crippen LogP contribution < -0.4 is 5.32 Å². The zero-order chi connectivity index (χ0) is 16.4. The summed E-state index contributed by atoms with van der Waals surface area (Å²) in [4.78, 5) is 18.6. The Morgan fingerprint density at radius 1 is 1.35 bits per heavy atom. The molecule has 4 nitrogen and oxygen atoms in total. The van der Waals surface area contributed by atoms with Crippen LogP contribution >= 0.6 is 11.3 Å². The van der Waals surface area contributed by atoms with Crippen molar-refractivity contribution < 1.29 is 9.18 Å². The van der Waals surface area contributed by atoms with Gasteiger partial charge in [-0.3, -0.25) is 4.79 Å². The molecule has 0 saturated heterocycles. The molecule has 0 aliphatic rings. The van der Waals surface area contributed by atoms with Gasteiger partial charge in [-0.05, 0) is 43.7 Å². The van der Waals surface area contributed by atoms with Crippen LogP contribution in [0.4, 0.5) is 4.39 Å². The van der Waals surface area contributed by atoms with Gasteiger partial charge < -0.3 is 15.2 Å². The molecule has 0 saturated carbocycles. The smallest absolute Gasteiger partial charge is 0.267 e. The summed E-state index contributed by atoms with van der Waals surface area (Å²) in [6.07, 6.45) is 0. The molecule has 2 N–H and O–H groups in total. The van der Waals surface area contributed by atoms with Crippen molar-refractivity contribution in [3.63, 3.8) is 0 Å². The number of halogens is 1.